The maximum atomic E-state index is 13.2. The smallest absolute Gasteiger partial charge is 0.410 e. The summed E-state index contributed by atoms with van der Waals surface area (Å²) < 4.78 is 33.9. The molecule has 0 bridgehead atoms. The van der Waals surface area contributed by atoms with Crippen molar-refractivity contribution < 1.29 is 22.7 Å². The molecule has 3 rings (SSSR count). The molecule has 2 amide bonds. The van der Waals surface area contributed by atoms with Crippen LogP contribution >= 0.6 is 0 Å². The Morgan fingerprint density at radius 1 is 1.02 bits per heavy atom. The van der Waals surface area contributed by atoms with Crippen LogP contribution in [0.15, 0.2) is 41.3 Å². The zero-order valence-corrected chi connectivity index (χ0v) is 26.9. The van der Waals surface area contributed by atoms with Gasteiger partial charge in [0.05, 0.1) is 11.3 Å². The Morgan fingerprint density at radius 2 is 1.59 bits per heavy atom. The van der Waals surface area contributed by atoms with Crippen molar-refractivity contribution in [3.05, 3.63) is 64.2 Å². The summed E-state index contributed by atoms with van der Waals surface area (Å²) in [5.74, 6) is -0.147. The largest absolute Gasteiger partial charge is 0.444 e. The zero-order valence-electron chi connectivity index (χ0n) is 26.1. The molecule has 0 aromatic heterocycles. The van der Waals surface area contributed by atoms with Gasteiger partial charge < -0.3 is 14.5 Å². The molecule has 1 aliphatic heterocycles. The molecule has 1 fully saturated rings. The van der Waals surface area contributed by atoms with Gasteiger partial charge in [-0.05, 0) is 93.1 Å². The summed E-state index contributed by atoms with van der Waals surface area (Å²) in [6.45, 7) is 15.8. The van der Waals surface area contributed by atoms with Crippen molar-refractivity contribution in [1.82, 2.24) is 14.5 Å². The van der Waals surface area contributed by atoms with E-state index in [1.54, 1.807) is 17.0 Å². The van der Waals surface area contributed by atoms with Gasteiger partial charge in [0, 0.05) is 25.6 Å². The number of amides is 2. The first kappa shape index (κ1) is 32.6. The summed E-state index contributed by atoms with van der Waals surface area (Å²) in [5.41, 5.74) is 4.51. The van der Waals surface area contributed by atoms with Gasteiger partial charge in [0.1, 0.15) is 5.60 Å². The molecule has 0 spiro atoms. The van der Waals surface area contributed by atoms with Crippen LogP contribution in [-0.2, 0) is 32.5 Å². The highest BCUT2D eigenvalue weighted by Gasteiger charge is 2.32. The molecule has 1 atom stereocenters. The third kappa shape index (κ3) is 8.79. The summed E-state index contributed by atoms with van der Waals surface area (Å²) in [6.07, 6.45) is 0.503. The molecule has 0 saturated carbocycles. The van der Waals surface area contributed by atoms with Gasteiger partial charge in [-0.2, -0.15) is 0 Å². The Labute approximate surface area is 246 Å². The molecular weight excluding hydrogens is 538 g/mol. The molecular formula is C32H47N3O5S. The number of carbonyl (C=O) groups is 2. The van der Waals surface area contributed by atoms with Crippen LogP contribution in [0.2, 0.25) is 0 Å². The lowest BCUT2D eigenvalue weighted by Crippen LogP contribution is -2.35. The number of hydrogen-bond acceptors (Lipinski definition) is 6. The molecule has 0 aliphatic carbocycles. The third-order valence-corrected chi connectivity index (χ3v) is 8.60. The number of nitrogens with zero attached hydrogens (tertiary/aromatic N) is 2. The summed E-state index contributed by atoms with van der Waals surface area (Å²) in [4.78, 5) is 29.7. The minimum atomic E-state index is -4.00. The number of ether oxygens (including phenoxy) is 1. The minimum Gasteiger partial charge on any atom is -0.444 e. The fourth-order valence-corrected chi connectivity index (χ4v) is 6.27. The lowest BCUT2D eigenvalue weighted by Gasteiger charge is -2.25. The molecule has 1 N–H and O–H groups in total. The van der Waals surface area contributed by atoms with Gasteiger partial charge in [0.2, 0.25) is 5.91 Å². The number of hydrogen-bond donors (Lipinski definition) is 1. The molecule has 1 aliphatic rings. The summed E-state index contributed by atoms with van der Waals surface area (Å²) >= 11 is 0. The second-order valence-electron chi connectivity index (χ2n) is 13.0. The van der Waals surface area contributed by atoms with Crippen molar-refractivity contribution in [2.24, 2.45) is 0 Å². The SMILES string of the molecule is CC(C)c1cc(C2CCN(C(=O)OC(C)(C)C)C2)cc(C(C)C)c1CC(=O)NS(=O)(=O)c1ccc(CN(C)C)cc1. The highest BCUT2D eigenvalue weighted by atomic mass is 32.2. The number of rotatable bonds is 9. The second kappa shape index (κ2) is 12.9. The first-order valence-electron chi connectivity index (χ1n) is 14.4. The van der Waals surface area contributed by atoms with Crippen LogP contribution in [0.3, 0.4) is 0 Å². The lowest BCUT2D eigenvalue weighted by molar-refractivity contribution is -0.118. The van der Waals surface area contributed by atoms with Crippen LogP contribution in [0, 0.1) is 0 Å². The van der Waals surface area contributed by atoms with Crippen molar-refractivity contribution in [2.75, 3.05) is 27.2 Å². The predicted molar refractivity (Wildman–Crippen MR) is 163 cm³/mol. The molecule has 1 saturated heterocycles. The quantitative estimate of drug-likeness (QED) is 0.402. The Balaban J connectivity index is 1.83. The molecule has 226 valence electrons. The van der Waals surface area contributed by atoms with Gasteiger partial charge in [-0.1, -0.05) is 52.0 Å². The van der Waals surface area contributed by atoms with E-state index in [4.69, 9.17) is 4.74 Å². The third-order valence-electron chi connectivity index (χ3n) is 7.21. The van der Waals surface area contributed by atoms with E-state index >= 15 is 0 Å². The van der Waals surface area contributed by atoms with Crippen LogP contribution in [0.5, 0.6) is 0 Å². The van der Waals surface area contributed by atoms with Crippen molar-refractivity contribution in [3.8, 4) is 0 Å². The molecule has 0 radical (unpaired) electrons. The maximum Gasteiger partial charge on any atom is 0.410 e. The van der Waals surface area contributed by atoms with E-state index in [2.05, 4.69) is 44.5 Å². The average molecular weight is 586 g/mol. The van der Waals surface area contributed by atoms with Crippen molar-refractivity contribution in [3.63, 3.8) is 0 Å². The second-order valence-corrected chi connectivity index (χ2v) is 14.7. The Kier molecular flexibility index (Phi) is 10.3. The van der Waals surface area contributed by atoms with E-state index in [1.165, 1.54) is 12.1 Å². The molecule has 2 aromatic carbocycles. The summed E-state index contributed by atoms with van der Waals surface area (Å²) in [6, 6.07) is 10.9. The molecule has 2 aromatic rings. The highest BCUT2D eigenvalue weighted by Crippen LogP contribution is 2.36. The number of likely N-dealkylation sites (tertiary alicyclic amines) is 1. The highest BCUT2D eigenvalue weighted by molar-refractivity contribution is 7.90. The van der Waals surface area contributed by atoms with Gasteiger partial charge in [0.25, 0.3) is 10.0 Å². The molecule has 1 heterocycles. The zero-order chi connectivity index (χ0) is 30.7. The lowest BCUT2D eigenvalue weighted by atomic mass is 9.82. The normalized spacial score (nSPS) is 16.1. The van der Waals surface area contributed by atoms with Crippen LogP contribution in [0.25, 0.3) is 0 Å². The minimum absolute atomic E-state index is 0.0338. The van der Waals surface area contributed by atoms with Gasteiger partial charge in [-0.3, -0.25) is 4.79 Å². The van der Waals surface area contributed by atoms with Crippen LogP contribution in [0.4, 0.5) is 4.79 Å². The number of nitrogens with one attached hydrogen (secondary N) is 1. The maximum absolute atomic E-state index is 13.2. The predicted octanol–water partition coefficient (Wildman–Crippen LogP) is 5.77. The summed E-state index contributed by atoms with van der Waals surface area (Å²) in [5, 5.41) is 0. The van der Waals surface area contributed by atoms with E-state index in [-0.39, 0.29) is 35.2 Å². The average Bonchev–Trinajstić information content (AvgIpc) is 3.33. The first-order chi connectivity index (χ1) is 19.0. The summed E-state index contributed by atoms with van der Waals surface area (Å²) in [7, 11) is -0.112. The molecule has 9 heteroatoms. The van der Waals surface area contributed by atoms with Gasteiger partial charge in [0.15, 0.2) is 0 Å². The number of carbonyl (C=O) groups excluding carboxylic acids is 2. The van der Waals surface area contributed by atoms with Crippen LogP contribution < -0.4 is 4.72 Å². The monoisotopic (exact) mass is 585 g/mol. The Hall–Kier alpha value is -2.91. The Morgan fingerprint density at radius 3 is 2.07 bits per heavy atom. The van der Waals surface area contributed by atoms with Crippen LogP contribution in [-0.4, -0.2) is 63.0 Å². The topological polar surface area (TPSA) is 96.0 Å². The first-order valence-corrected chi connectivity index (χ1v) is 15.9. The van der Waals surface area contributed by atoms with E-state index in [0.29, 0.717) is 19.6 Å². The fourth-order valence-electron chi connectivity index (χ4n) is 5.28. The molecule has 41 heavy (non-hydrogen) atoms. The van der Waals surface area contributed by atoms with E-state index in [9.17, 15) is 18.0 Å². The van der Waals surface area contributed by atoms with Crippen LogP contribution in [0.1, 0.15) is 100 Å². The van der Waals surface area contributed by atoms with E-state index < -0.39 is 21.5 Å². The molecule has 8 nitrogen and oxygen atoms in total. The van der Waals surface area contributed by atoms with E-state index in [0.717, 1.165) is 34.2 Å². The van der Waals surface area contributed by atoms with Gasteiger partial charge in [-0.25, -0.2) is 17.9 Å². The Bertz CT molecular complexity index is 1310. The number of sulfonamides is 1. The van der Waals surface area contributed by atoms with Crippen molar-refractivity contribution >= 4 is 22.0 Å². The van der Waals surface area contributed by atoms with Crippen molar-refractivity contribution in [1.29, 1.82) is 0 Å². The van der Waals surface area contributed by atoms with E-state index in [1.807, 2.05) is 39.8 Å². The van der Waals surface area contributed by atoms with Gasteiger partial charge >= 0.3 is 6.09 Å². The molecule has 1 unspecified atom stereocenters. The van der Waals surface area contributed by atoms with Crippen molar-refractivity contribution in [2.45, 2.75) is 96.1 Å². The standard InChI is InChI=1S/C32H47N3O5S/c1-21(2)27-16-25(24-14-15-35(20-24)31(37)40-32(5,6)7)17-28(22(3)4)29(27)18-30(36)33-41(38,39)26-12-10-23(11-13-26)19-34(8)9/h10-13,16-17,21-22,24H,14-15,18-20H2,1-9H3,(H,33,36). The fraction of sp³-hybridized carbons (Fsp3) is 0.562. The number of benzene rings is 2. The van der Waals surface area contributed by atoms with Gasteiger partial charge in [-0.15, -0.1) is 0 Å².